The lowest BCUT2D eigenvalue weighted by Crippen LogP contribution is -2.14. The quantitative estimate of drug-likeness (QED) is 0.160. The maximum Gasteiger partial charge on any atom is 0.160 e. The lowest BCUT2D eigenvalue weighted by molar-refractivity contribution is 0.660. The van der Waals surface area contributed by atoms with Crippen LogP contribution in [0.25, 0.3) is 122 Å². The molecule has 3 heterocycles. The van der Waals surface area contributed by atoms with Crippen molar-refractivity contribution < 1.29 is 0 Å². The molecule has 14 rings (SSSR count). The van der Waals surface area contributed by atoms with Gasteiger partial charge in [-0.3, -0.25) is 0 Å². The van der Waals surface area contributed by atoms with Crippen molar-refractivity contribution in [1.29, 1.82) is 0 Å². The highest BCUT2D eigenvalue weighted by atomic mass is 15.0. The second kappa shape index (κ2) is 16.0. The highest BCUT2D eigenvalue weighted by Crippen LogP contribution is 2.50. The fourth-order valence-electron chi connectivity index (χ4n) is 11.4. The number of hydrogen-bond donors (Lipinski definition) is 0. The van der Waals surface area contributed by atoms with E-state index in [9.17, 15) is 0 Å². The standard InChI is InChI=1S/C67H46N4/c1-67(2)58-23-11-6-18-52(58)53-37-32-46(41-59(53)67)60-42-61(69-66(68-60)45-16-4-3-5-17-45)49-39-47(43-28-33-50(34-29-43)70-62-24-12-7-19-54(62)55-20-8-13-25-63(55)70)38-48(40-49)44-30-35-51(36-31-44)71-64-26-14-9-21-56(64)57-22-10-15-27-65(57)71/h3-42H,1-2H3. The zero-order chi connectivity index (χ0) is 47.2. The van der Waals surface area contributed by atoms with Gasteiger partial charge in [0.1, 0.15) is 0 Å². The van der Waals surface area contributed by atoms with Crippen molar-refractivity contribution in [3.05, 3.63) is 254 Å². The highest BCUT2D eigenvalue weighted by Gasteiger charge is 2.35. The number of fused-ring (bicyclic) bond motifs is 9. The predicted octanol–water partition coefficient (Wildman–Crippen LogP) is 17.3. The summed E-state index contributed by atoms with van der Waals surface area (Å²) >= 11 is 0. The van der Waals surface area contributed by atoms with Gasteiger partial charge in [0.2, 0.25) is 0 Å². The van der Waals surface area contributed by atoms with Crippen LogP contribution < -0.4 is 0 Å². The molecule has 0 amide bonds. The topological polar surface area (TPSA) is 35.6 Å². The molecular formula is C67H46N4. The van der Waals surface area contributed by atoms with Crippen molar-refractivity contribution >= 4 is 43.6 Å². The molecule has 0 atom stereocenters. The van der Waals surface area contributed by atoms with Gasteiger partial charge in [-0.2, -0.15) is 0 Å². The Balaban J connectivity index is 0.934. The lowest BCUT2D eigenvalue weighted by Gasteiger charge is -2.22. The molecule has 0 spiro atoms. The summed E-state index contributed by atoms with van der Waals surface area (Å²) in [7, 11) is 0. The Morgan fingerprint density at radius 2 is 0.704 bits per heavy atom. The molecule has 71 heavy (non-hydrogen) atoms. The van der Waals surface area contributed by atoms with Gasteiger partial charge in [0.05, 0.1) is 33.5 Å². The highest BCUT2D eigenvalue weighted by molar-refractivity contribution is 6.10. The molecule has 0 fully saturated rings. The van der Waals surface area contributed by atoms with Crippen LogP contribution in [-0.4, -0.2) is 19.1 Å². The van der Waals surface area contributed by atoms with Crippen LogP contribution in [0.5, 0.6) is 0 Å². The minimum Gasteiger partial charge on any atom is -0.309 e. The molecule has 3 aromatic heterocycles. The van der Waals surface area contributed by atoms with Gasteiger partial charge in [0, 0.05) is 55.0 Å². The Kier molecular flexibility index (Phi) is 9.21. The summed E-state index contributed by atoms with van der Waals surface area (Å²) in [5.74, 6) is 0.694. The molecule has 1 aliphatic rings. The van der Waals surface area contributed by atoms with Crippen molar-refractivity contribution in [2.45, 2.75) is 19.3 Å². The number of para-hydroxylation sites is 4. The molecule has 0 saturated carbocycles. The van der Waals surface area contributed by atoms with Gasteiger partial charge in [-0.15, -0.1) is 0 Å². The minimum atomic E-state index is -0.141. The molecule has 0 N–H and O–H groups in total. The third kappa shape index (κ3) is 6.60. The average molecular weight is 907 g/mol. The maximum absolute atomic E-state index is 5.40. The van der Waals surface area contributed by atoms with Crippen molar-refractivity contribution in [3.8, 4) is 78.7 Å². The lowest BCUT2D eigenvalue weighted by atomic mass is 9.82. The fraction of sp³-hybridized carbons (Fsp3) is 0.0448. The molecule has 4 heteroatoms. The Morgan fingerprint density at radius 3 is 1.23 bits per heavy atom. The SMILES string of the molecule is CC1(C)c2ccccc2-c2ccc(-c3cc(-c4cc(-c5ccc(-n6c7ccccc7c7ccccc76)cc5)cc(-c5ccc(-n6c7ccccc7c7ccccc76)cc5)c4)nc(-c4ccccc4)n3)cc21. The van der Waals surface area contributed by atoms with Crippen molar-refractivity contribution in [1.82, 2.24) is 19.1 Å². The first-order chi connectivity index (χ1) is 34.9. The van der Waals surface area contributed by atoms with E-state index in [-0.39, 0.29) is 5.41 Å². The average Bonchev–Trinajstić information content (AvgIpc) is 4.04. The summed E-state index contributed by atoms with van der Waals surface area (Å²) in [5.41, 5.74) is 21.4. The number of nitrogens with zero attached hydrogens (tertiary/aromatic N) is 4. The molecule has 0 unspecified atom stereocenters. The zero-order valence-corrected chi connectivity index (χ0v) is 39.4. The molecule has 1 aliphatic carbocycles. The predicted molar refractivity (Wildman–Crippen MR) is 295 cm³/mol. The molecule has 0 bridgehead atoms. The molecule has 4 nitrogen and oxygen atoms in total. The number of hydrogen-bond acceptors (Lipinski definition) is 2. The van der Waals surface area contributed by atoms with Crippen LogP contribution in [0, 0.1) is 0 Å². The van der Waals surface area contributed by atoms with Gasteiger partial charge in [-0.25, -0.2) is 9.97 Å². The molecular weight excluding hydrogens is 861 g/mol. The van der Waals surface area contributed by atoms with Gasteiger partial charge in [-0.1, -0.05) is 178 Å². The summed E-state index contributed by atoms with van der Waals surface area (Å²) in [6.45, 7) is 4.67. The van der Waals surface area contributed by atoms with Gasteiger partial charge >= 0.3 is 0 Å². The second-order valence-electron chi connectivity index (χ2n) is 19.4. The summed E-state index contributed by atoms with van der Waals surface area (Å²) in [5, 5.41) is 5.01. The largest absolute Gasteiger partial charge is 0.309 e. The van der Waals surface area contributed by atoms with Gasteiger partial charge < -0.3 is 9.13 Å². The van der Waals surface area contributed by atoms with E-state index in [4.69, 9.17) is 9.97 Å². The van der Waals surface area contributed by atoms with Crippen LogP contribution in [0.4, 0.5) is 0 Å². The van der Waals surface area contributed by atoms with Crippen molar-refractivity contribution in [2.24, 2.45) is 0 Å². The van der Waals surface area contributed by atoms with E-state index in [1.165, 1.54) is 65.9 Å². The number of benzene rings is 10. The molecule has 13 aromatic rings. The normalized spacial score (nSPS) is 12.8. The summed E-state index contributed by atoms with van der Waals surface area (Å²) < 4.78 is 4.75. The monoisotopic (exact) mass is 906 g/mol. The Labute approximate surface area is 412 Å². The zero-order valence-electron chi connectivity index (χ0n) is 39.4. The first-order valence-corrected chi connectivity index (χ1v) is 24.5. The molecule has 10 aromatic carbocycles. The van der Waals surface area contributed by atoms with E-state index in [0.29, 0.717) is 5.82 Å². The minimum absolute atomic E-state index is 0.141. The van der Waals surface area contributed by atoms with Crippen LogP contribution in [0.3, 0.4) is 0 Å². The van der Waals surface area contributed by atoms with Crippen molar-refractivity contribution in [3.63, 3.8) is 0 Å². The van der Waals surface area contributed by atoms with Crippen LogP contribution in [0.2, 0.25) is 0 Å². The van der Waals surface area contributed by atoms with Gasteiger partial charge in [0.25, 0.3) is 0 Å². The van der Waals surface area contributed by atoms with Crippen LogP contribution in [-0.2, 0) is 5.41 Å². The number of aromatic nitrogens is 4. The van der Waals surface area contributed by atoms with Gasteiger partial charge in [-0.05, 0) is 123 Å². The summed E-state index contributed by atoms with van der Waals surface area (Å²) in [6, 6.07) is 88.0. The van der Waals surface area contributed by atoms with E-state index in [1.54, 1.807) is 0 Å². The fourth-order valence-corrected chi connectivity index (χ4v) is 11.4. The summed E-state index contributed by atoms with van der Waals surface area (Å²) in [4.78, 5) is 10.7. The Hall–Kier alpha value is -9.12. The van der Waals surface area contributed by atoms with E-state index in [0.717, 1.165) is 61.7 Å². The van der Waals surface area contributed by atoms with Crippen LogP contribution in [0.1, 0.15) is 25.0 Å². The Morgan fingerprint density at radius 1 is 0.296 bits per heavy atom. The first kappa shape index (κ1) is 40.9. The maximum atomic E-state index is 5.40. The van der Waals surface area contributed by atoms with E-state index in [2.05, 4.69) is 260 Å². The third-order valence-corrected chi connectivity index (χ3v) is 14.9. The second-order valence-corrected chi connectivity index (χ2v) is 19.4. The van der Waals surface area contributed by atoms with Crippen LogP contribution in [0.15, 0.2) is 243 Å². The van der Waals surface area contributed by atoms with Crippen molar-refractivity contribution in [2.75, 3.05) is 0 Å². The van der Waals surface area contributed by atoms with E-state index >= 15 is 0 Å². The molecule has 0 aliphatic heterocycles. The van der Waals surface area contributed by atoms with E-state index < -0.39 is 0 Å². The summed E-state index contributed by atoms with van der Waals surface area (Å²) in [6.07, 6.45) is 0. The smallest absolute Gasteiger partial charge is 0.160 e. The van der Waals surface area contributed by atoms with Gasteiger partial charge in [0.15, 0.2) is 5.82 Å². The first-order valence-electron chi connectivity index (χ1n) is 24.5. The number of rotatable bonds is 7. The van der Waals surface area contributed by atoms with E-state index in [1.807, 2.05) is 6.07 Å². The molecule has 0 radical (unpaired) electrons. The molecule has 334 valence electrons. The third-order valence-electron chi connectivity index (χ3n) is 14.9. The Bertz CT molecular complexity index is 3950. The molecule has 0 saturated heterocycles. The van der Waals surface area contributed by atoms with Crippen LogP contribution >= 0.6 is 0 Å².